The average Bonchev–Trinajstić information content (AvgIpc) is 3.09. The Bertz CT molecular complexity index is 1010. The zero-order valence-corrected chi connectivity index (χ0v) is 15.5. The van der Waals surface area contributed by atoms with E-state index in [0.717, 1.165) is 16.8 Å². The van der Waals surface area contributed by atoms with Gasteiger partial charge < -0.3 is 5.32 Å². The molecule has 0 atom stereocenters. The van der Waals surface area contributed by atoms with Crippen LogP contribution in [0.3, 0.4) is 0 Å². The van der Waals surface area contributed by atoms with Gasteiger partial charge in [-0.25, -0.2) is 13.4 Å². The van der Waals surface area contributed by atoms with Gasteiger partial charge in [0.15, 0.2) is 9.84 Å². The van der Waals surface area contributed by atoms with Gasteiger partial charge >= 0.3 is 0 Å². The Kier molecular flexibility index (Phi) is 4.89. The molecule has 3 aromatic rings. The quantitative estimate of drug-likeness (QED) is 0.724. The van der Waals surface area contributed by atoms with E-state index >= 15 is 0 Å². The molecule has 0 radical (unpaired) electrons. The van der Waals surface area contributed by atoms with Crippen LogP contribution in [-0.4, -0.2) is 25.6 Å². The Morgan fingerprint density at radius 1 is 1.16 bits per heavy atom. The van der Waals surface area contributed by atoms with Gasteiger partial charge in [-0.2, -0.15) is 0 Å². The summed E-state index contributed by atoms with van der Waals surface area (Å²) in [6.07, 6.45) is 2.81. The van der Waals surface area contributed by atoms with Gasteiger partial charge in [-0.15, -0.1) is 11.3 Å². The predicted molar refractivity (Wildman–Crippen MR) is 100 cm³/mol. The third-order valence-electron chi connectivity index (χ3n) is 3.43. The molecule has 0 spiro atoms. The Balaban J connectivity index is 1.83. The number of carbonyl (C=O) groups excluding carboxylic acids is 1. The minimum atomic E-state index is -3.42. The van der Waals surface area contributed by atoms with Crippen molar-refractivity contribution in [2.45, 2.75) is 4.90 Å². The monoisotopic (exact) mass is 392 g/mol. The van der Waals surface area contributed by atoms with Gasteiger partial charge in [0.25, 0.3) is 5.91 Å². The van der Waals surface area contributed by atoms with Crippen LogP contribution in [0.2, 0.25) is 5.02 Å². The zero-order valence-electron chi connectivity index (χ0n) is 13.1. The Morgan fingerprint density at radius 3 is 2.48 bits per heavy atom. The molecule has 0 fully saturated rings. The number of benzene rings is 2. The number of carbonyl (C=O) groups is 1. The molecule has 1 N–H and O–H groups in total. The standard InChI is InChI=1S/C17H13ClN2O3S2/c1-25(22,23)13-6-7-15(18)14(10-13)16(21)20-12-4-2-11(3-5-12)17-19-8-9-24-17/h2-10H,1H3,(H,20,21). The molecule has 0 unspecified atom stereocenters. The van der Waals surface area contributed by atoms with Crippen LogP contribution < -0.4 is 5.32 Å². The number of aromatic nitrogens is 1. The Morgan fingerprint density at radius 2 is 1.88 bits per heavy atom. The number of nitrogens with one attached hydrogen (secondary N) is 1. The van der Waals surface area contributed by atoms with E-state index in [0.29, 0.717) is 5.69 Å². The lowest BCUT2D eigenvalue weighted by Gasteiger charge is -2.09. The molecule has 3 rings (SSSR count). The first kappa shape index (κ1) is 17.6. The number of hydrogen-bond donors (Lipinski definition) is 1. The molecule has 8 heteroatoms. The number of sulfone groups is 1. The maximum atomic E-state index is 12.4. The topological polar surface area (TPSA) is 76.1 Å². The number of nitrogens with zero attached hydrogens (tertiary/aromatic N) is 1. The first-order valence-electron chi connectivity index (χ1n) is 7.15. The summed E-state index contributed by atoms with van der Waals surface area (Å²) < 4.78 is 23.3. The van der Waals surface area contributed by atoms with Crippen LogP contribution in [0.15, 0.2) is 58.9 Å². The van der Waals surface area contributed by atoms with Gasteiger partial charge in [0, 0.05) is 29.1 Å². The summed E-state index contributed by atoms with van der Waals surface area (Å²) in [7, 11) is -3.42. The number of anilines is 1. The minimum Gasteiger partial charge on any atom is -0.322 e. The van der Waals surface area contributed by atoms with Crippen LogP contribution >= 0.6 is 22.9 Å². The number of rotatable bonds is 4. The summed E-state index contributed by atoms with van der Waals surface area (Å²) in [6, 6.07) is 11.3. The molecule has 1 aromatic heterocycles. The number of thiazole rings is 1. The normalized spacial score (nSPS) is 11.3. The highest BCUT2D eigenvalue weighted by molar-refractivity contribution is 7.90. The number of amides is 1. The van der Waals surface area contributed by atoms with E-state index in [9.17, 15) is 13.2 Å². The number of hydrogen-bond acceptors (Lipinski definition) is 5. The van der Waals surface area contributed by atoms with Gasteiger partial charge in [0.1, 0.15) is 5.01 Å². The fraction of sp³-hybridized carbons (Fsp3) is 0.0588. The Labute approximate surface area is 154 Å². The van der Waals surface area contributed by atoms with Gasteiger partial charge in [-0.3, -0.25) is 4.79 Å². The maximum Gasteiger partial charge on any atom is 0.257 e. The van der Waals surface area contributed by atoms with Crippen molar-refractivity contribution >= 4 is 44.4 Å². The fourth-order valence-electron chi connectivity index (χ4n) is 2.17. The second-order valence-electron chi connectivity index (χ2n) is 5.28. The molecule has 0 aliphatic carbocycles. The molecule has 2 aromatic carbocycles. The molecule has 0 bridgehead atoms. The largest absolute Gasteiger partial charge is 0.322 e. The van der Waals surface area contributed by atoms with Crippen molar-refractivity contribution in [1.82, 2.24) is 4.98 Å². The van der Waals surface area contributed by atoms with Gasteiger partial charge in [0.2, 0.25) is 0 Å². The van der Waals surface area contributed by atoms with E-state index in [2.05, 4.69) is 10.3 Å². The molecule has 25 heavy (non-hydrogen) atoms. The molecule has 1 heterocycles. The Hall–Kier alpha value is -2.22. The van der Waals surface area contributed by atoms with Crippen LogP contribution in [0.5, 0.6) is 0 Å². The molecule has 0 aliphatic rings. The fourth-order valence-corrected chi connectivity index (χ4v) is 3.66. The summed E-state index contributed by atoms with van der Waals surface area (Å²) in [5.74, 6) is -0.475. The highest BCUT2D eigenvalue weighted by Crippen LogP contribution is 2.25. The SMILES string of the molecule is CS(=O)(=O)c1ccc(Cl)c(C(=O)Nc2ccc(-c3nccs3)cc2)c1. The lowest BCUT2D eigenvalue weighted by atomic mass is 10.2. The van der Waals surface area contributed by atoms with Crippen molar-refractivity contribution in [2.24, 2.45) is 0 Å². The second-order valence-corrected chi connectivity index (χ2v) is 8.60. The van der Waals surface area contributed by atoms with Gasteiger partial charge in [-0.05, 0) is 42.5 Å². The molecule has 0 aliphatic heterocycles. The molecule has 1 amide bonds. The van der Waals surface area contributed by atoms with E-state index in [4.69, 9.17) is 11.6 Å². The summed E-state index contributed by atoms with van der Waals surface area (Å²) in [5, 5.41) is 5.68. The molecule has 0 saturated heterocycles. The van der Waals surface area contributed by atoms with Crippen LogP contribution in [-0.2, 0) is 9.84 Å². The third-order valence-corrected chi connectivity index (χ3v) is 5.69. The number of halogens is 1. The first-order valence-corrected chi connectivity index (χ1v) is 10.3. The van der Waals surface area contributed by atoms with E-state index in [1.165, 1.54) is 29.5 Å². The minimum absolute atomic E-state index is 0.0427. The lowest BCUT2D eigenvalue weighted by molar-refractivity contribution is 0.102. The maximum absolute atomic E-state index is 12.4. The summed E-state index contributed by atoms with van der Waals surface area (Å²) in [5.41, 5.74) is 1.63. The van der Waals surface area contributed by atoms with Crippen LogP contribution in [0.1, 0.15) is 10.4 Å². The molecular formula is C17H13ClN2O3S2. The van der Waals surface area contributed by atoms with Crippen molar-refractivity contribution in [3.8, 4) is 10.6 Å². The predicted octanol–water partition coefficient (Wildman–Crippen LogP) is 4.12. The van der Waals surface area contributed by atoms with Crippen molar-refractivity contribution in [3.63, 3.8) is 0 Å². The molecule has 0 saturated carbocycles. The van der Waals surface area contributed by atoms with Crippen LogP contribution in [0.25, 0.3) is 10.6 Å². The molecule has 5 nitrogen and oxygen atoms in total. The van der Waals surface area contributed by atoms with Crippen molar-refractivity contribution in [1.29, 1.82) is 0 Å². The van der Waals surface area contributed by atoms with E-state index in [-0.39, 0.29) is 15.5 Å². The molecular weight excluding hydrogens is 380 g/mol. The van der Waals surface area contributed by atoms with Crippen LogP contribution in [0.4, 0.5) is 5.69 Å². The highest BCUT2D eigenvalue weighted by Gasteiger charge is 2.15. The van der Waals surface area contributed by atoms with Crippen LogP contribution in [0, 0.1) is 0 Å². The third kappa shape index (κ3) is 4.07. The first-order chi connectivity index (χ1) is 11.8. The van der Waals surface area contributed by atoms with E-state index in [1.807, 2.05) is 17.5 Å². The van der Waals surface area contributed by atoms with Crippen molar-refractivity contribution < 1.29 is 13.2 Å². The second kappa shape index (κ2) is 6.95. The van der Waals surface area contributed by atoms with Crippen molar-refractivity contribution in [2.75, 3.05) is 11.6 Å². The smallest absolute Gasteiger partial charge is 0.257 e. The average molecular weight is 393 g/mol. The lowest BCUT2D eigenvalue weighted by Crippen LogP contribution is -2.13. The van der Waals surface area contributed by atoms with E-state index < -0.39 is 15.7 Å². The van der Waals surface area contributed by atoms with Gasteiger partial charge in [-0.1, -0.05) is 11.6 Å². The summed E-state index contributed by atoms with van der Waals surface area (Å²) >= 11 is 7.56. The summed E-state index contributed by atoms with van der Waals surface area (Å²) in [6.45, 7) is 0. The summed E-state index contributed by atoms with van der Waals surface area (Å²) in [4.78, 5) is 16.7. The zero-order chi connectivity index (χ0) is 18.0. The highest BCUT2D eigenvalue weighted by atomic mass is 35.5. The van der Waals surface area contributed by atoms with Gasteiger partial charge in [0.05, 0.1) is 15.5 Å². The molecule has 128 valence electrons. The van der Waals surface area contributed by atoms with E-state index in [1.54, 1.807) is 18.3 Å². The van der Waals surface area contributed by atoms with Crippen molar-refractivity contribution in [3.05, 3.63) is 64.6 Å².